The number of aryl methyl sites for hydroxylation is 3. The Labute approximate surface area is 112 Å². The highest BCUT2D eigenvalue weighted by Crippen LogP contribution is 2.26. The lowest BCUT2D eigenvalue weighted by molar-refractivity contribution is 0.450. The summed E-state index contributed by atoms with van der Waals surface area (Å²) < 4.78 is 0. The fourth-order valence-corrected chi connectivity index (χ4v) is 2.15. The maximum absolute atomic E-state index is 9.70. The van der Waals surface area contributed by atoms with Gasteiger partial charge >= 0.3 is 0 Å². The number of hydrogen-bond donors (Lipinski definition) is 2. The van der Waals surface area contributed by atoms with Gasteiger partial charge in [-0.1, -0.05) is 17.7 Å². The molecule has 0 aliphatic heterocycles. The first-order valence-electron chi connectivity index (χ1n) is 6.11. The van der Waals surface area contributed by atoms with E-state index in [1.165, 1.54) is 17.7 Å². The highest BCUT2D eigenvalue weighted by Gasteiger charge is 2.03. The molecule has 19 heavy (non-hydrogen) atoms. The molecule has 0 aromatic heterocycles. The van der Waals surface area contributed by atoms with Crippen molar-refractivity contribution in [3.05, 3.63) is 52.6 Å². The Kier molecular flexibility index (Phi) is 3.56. The predicted octanol–water partition coefficient (Wildman–Crippen LogP) is 3.77. The summed E-state index contributed by atoms with van der Waals surface area (Å²) in [5.74, 6) is 0.0588. The van der Waals surface area contributed by atoms with E-state index in [1.54, 1.807) is 12.3 Å². The van der Waals surface area contributed by atoms with Crippen LogP contribution in [0.2, 0.25) is 0 Å². The van der Waals surface area contributed by atoms with Gasteiger partial charge in [-0.25, -0.2) is 0 Å². The lowest BCUT2D eigenvalue weighted by Gasteiger charge is -2.06. The quantitative estimate of drug-likeness (QED) is 0.802. The average Bonchev–Trinajstić information content (AvgIpc) is 2.30. The molecule has 0 amide bonds. The van der Waals surface area contributed by atoms with Crippen LogP contribution < -0.4 is 0 Å². The number of nitrogens with zero attached hydrogens (tertiary/aromatic N) is 1. The predicted molar refractivity (Wildman–Crippen MR) is 77.7 cm³/mol. The number of hydrogen-bond acceptors (Lipinski definition) is 3. The molecular weight excluding hydrogens is 238 g/mol. The van der Waals surface area contributed by atoms with Crippen molar-refractivity contribution in [3.63, 3.8) is 0 Å². The first kappa shape index (κ1) is 13.1. The van der Waals surface area contributed by atoms with Gasteiger partial charge < -0.3 is 10.2 Å². The molecule has 2 aromatic carbocycles. The first-order valence-corrected chi connectivity index (χ1v) is 6.11. The standard InChI is InChI=1S/C16H17NO2/c1-10-6-11(2)16(12(3)7-10)17-9-13-4-5-14(18)8-15(13)19/h4-9,18-19H,1-3H3. The van der Waals surface area contributed by atoms with Gasteiger partial charge in [0.15, 0.2) is 0 Å². The van der Waals surface area contributed by atoms with Gasteiger partial charge in [-0.3, -0.25) is 4.99 Å². The Balaban J connectivity index is 2.38. The third kappa shape index (κ3) is 2.94. The molecule has 0 spiro atoms. The van der Waals surface area contributed by atoms with E-state index in [9.17, 15) is 10.2 Å². The molecule has 2 rings (SSSR count). The van der Waals surface area contributed by atoms with Gasteiger partial charge in [-0.05, 0) is 44.0 Å². The molecule has 2 aromatic rings. The Morgan fingerprint density at radius 1 is 0.947 bits per heavy atom. The molecule has 0 unspecified atom stereocenters. The topological polar surface area (TPSA) is 52.8 Å². The van der Waals surface area contributed by atoms with Crippen LogP contribution in [0.5, 0.6) is 11.5 Å². The minimum absolute atomic E-state index is 0.0196. The van der Waals surface area contributed by atoms with Crippen molar-refractivity contribution >= 4 is 11.9 Å². The van der Waals surface area contributed by atoms with E-state index in [4.69, 9.17) is 0 Å². The normalized spacial score (nSPS) is 11.1. The molecule has 2 N–H and O–H groups in total. The maximum atomic E-state index is 9.70. The number of phenolic OH excluding ortho intramolecular Hbond substituents is 2. The van der Waals surface area contributed by atoms with Crippen LogP contribution in [-0.2, 0) is 0 Å². The van der Waals surface area contributed by atoms with Gasteiger partial charge in [0, 0.05) is 17.8 Å². The van der Waals surface area contributed by atoms with Crippen LogP contribution in [0, 0.1) is 20.8 Å². The summed E-state index contributed by atoms with van der Waals surface area (Å²) in [5, 5.41) is 18.9. The van der Waals surface area contributed by atoms with Crippen LogP contribution in [-0.4, -0.2) is 16.4 Å². The van der Waals surface area contributed by atoms with Gasteiger partial charge in [0.25, 0.3) is 0 Å². The molecule has 3 heteroatoms. The summed E-state index contributed by atoms with van der Waals surface area (Å²) in [6, 6.07) is 8.62. The fourth-order valence-electron chi connectivity index (χ4n) is 2.15. The van der Waals surface area contributed by atoms with Gasteiger partial charge in [0.1, 0.15) is 11.5 Å². The average molecular weight is 255 g/mol. The van der Waals surface area contributed by atoms with Crippen LogP contribution in [0.1, 0.15) is 22.3 Å². The zero-order valence-electron chi connectivity index (χ0n) is 11.3. The smallest absolute Gasteiger partial charge is 0.128 e. The minimum atomic E-state index is 0.0196. The van der Waals surface area contributed by atoms with Crippen molar-refractivity contribution in [3.8, 4) is 11.5 Å². The van der Waals surface area contributed by atoms with Crippen molar-refractivity contribution in [1.82, 2.24) is 0 Å². The highest BCUT2D eigenvalue weighted by molar-refractivity contribution is 5.86. The van der Waals surface area contributed by atoms with Crippen LogP contribution in [0.25, 0.3) is 0 Å². The molecule has 0 fully saturated rings. The SMILES string of the molecule is Cc1cc(C)c(N=Cc2ccc(O)cc2O)c(C)c1. The molecule has 0 radical (unpaired) electrons. The summed E-state index contributed by atoms with van der Waals surface area (Å²) in [5.41, 5.74) is 4.91. The van der Waals surface area contributed by atoms with Crippen molar-refractivity contribution in [2.75, 3.05) is 0 Å². The second kappa shape index (κ2) is 5.14. The van der Waals surface area contributed by atoms with E-state index >= 15 is 0 Å². The highest BCUT2D eigenvalue weighted by atomic mass is 16.3. The third-order valence-electron chi connectivity index (χ3n) is 2.98. The first-order chi connectivity index (χ1) is 8.97. The van der Waals surface area contributed by atoms with E-state index in [1.807, 2.05) is 13.8 Å². The summed E-state index contributed by atoms with van der Waals surface area (Å²) in [4.78, 5) is 4.44. The number of aromatic hydroxyl groups is 2. The Hall–Kier alpha value is -2.29. The van der Waals surface area contributed by atoms with Crippen molar-refractivity contribution in [1.29, 1.82) is 0 Å². The van der Waals surface area contributed by atoms with Crippen LogP contribution >= 0.6 is 0 Å². The van der Waals surface area contributed by atoms with Gasteiger partial charge in [-0.2, -0.15) is 0 Å². The van der Waals surface area contributed by atoms with Crippen LogP contribution in [0.3, 0.4) is 0 Å². The molecule has 3 nitrogen and oxygen atoms in total. The molecule has 0 saturated heterocycles. The minimum Gasteiger partial charge on any atom is -0.508 e. The summed E-state index contributed by atoms with van der Waals surface area (Å²) in [6.07, 6.45) is 1.61. The molecule has 0 bridgehead atoms. The number of phenols is 2. The molecule has 0 aliphatic carbocycles. The lowest BCUT2D eigenvalue weighted by Crippen LogP contribution is -1.86. The fraction of sp³-hybridized carbons (Fsp3) is 0.188. The zero-order valence-corrected chi connectivity index (χ0v) is 11.3. The van der Waals surface area contributed by atoms with Crippen LogP contribution in [0.15, 0.2) is 35.3 Å². The van der Waals surface area contributed by atoms with E-state index in [0.29, 0.717) is 5.56 Å². The van der Waals surface area contributed by atoms with Gasteiger partial charge in [-0.15, -0.1) is 0 Å². The summed E-state index contributed by atoms with van der Waals surface area (Å²) in [7, 11) is 0. The summed E-state index contributed by atoms with van der Waals surface area (Å²) in [6.45, 7) is 6.09. The summed E-state index contributed by atoms with van der Waals surface area (Å²) >= 11 is 0. The molecule has 98 valence electrons. The monoisotopic (exact) mass is 255 g/mol. The van der Waals surface area contributed by atoms with E-state index in [0.717, 1.165) is 16.8 Å². The van der Waals surface area contributed by atoms with Crippen molar-refractivity contribution in [2.24, 2.45) is 4.99 Å². The van der Waals surface area contributed by atoms with E-state index in [-0.39, 0.29) is 11.5 Å². The number of rotatable bonds is 2. The molecular formula is C16H17NO2. The lowest BCUT2D eigenvalue weighted by atomic mass is 10.1. The van der Waals surface area contributed by atoms with E-state index in [2.05, 4.69) is 24.0 Å². The second-order valence-corrected chi connectivity index (χ2v) is 4.75. The molecule has 0 aliphatic rings. The molecule has 0 atom stereocenters. The third-order valence-corrected chi connectivity index (χ3v) is 2.98. The Morgan fingerprint density at radius 2 is 1.58 bits per heavy atom. The van der Waals surface area contributed by atoms with Crippen molar-refractivity contribution in [2.45, 2.75) is 20.8 Å². The van der Waals surface area contributed by atoms with Crippen molar-refractivity contribution < 1.29 is 10.2 Å². The molecule has 0 heterocycles. The van der Waals surface area contributed by atoms with E-state index < -0.39 is 0 Å². The van der Waals surface area contributed by atoms with Crippen LogP contribution in [0.4, 0.5) is 5.69 Å². The number of benzene rings is 2. The Morgan fingerprint density at radius 3 is 2.16 bits per heavy atom. The number of aliphatic imine (C=N–C) groups is 1. The second-order valence-electron chi connectivity index (χ2n) is 4.75. The molecule has 0 saturated carbocycles. The maximum Gasteiger partial charge on any atom is 0.128 e. The van der Waals surface area contributed by atoms with Gasteiger partial charge in [0.05, 0.1) is 5.69 Å². The Bertz CT molecular complexity index is 622. The van der Waals surface area contributed by atoms with Gasteiger partial charge in [0.2, 0.25) is 0 Å². The largest absolute Gasteiger partial charge is 0.508 e. The zero-order chi connectivity index (χ0) is 14.0.